The third-order valence-corrected chi connectivity index (χ3v) is 2.06. The average Bonchev–Trinajstić information content (AvgIpc) is 2.06. The van der Waals surface area contributed by atoms with Gasteiger partial charge in [0.25, 0.3) is 5.56 Å². The summed E-state index contributed by atoms with van der Waals surface area (Å²) >= 11 is 0. The SMILES string of the molecule is CCn1nc(C)cc(C(C)(C)O)c1=O. The molecule has 1 rings (SSSR count). The molecule has 0 aliphatic carbocycles. The Labute approximate surface area is 83.2 Å². The third kappa shape index (κ3) is 2.01. The van der Waals surface area contributed by atoms with E-state index in [2.05, 4.69) is 5.10 Å². The van der Waals surface area contributed by atoms with Crippen LogP contribution >= 0.6 is 0 Å². The normalized spacial score (nSPS) is 11.8. The van der Waals surface area contributed by atoms with Crippen LogP contribution in [0.5, 0.6) is 0 Å². The minimum absolute atomic E-state index is 0.217. The number of aromatic nitrogens is 2. The van der Waals surface area contributed by atoms with E-state index in [0.717, 1.165) is 5.69 Å². The molecule has 0 fully saturated rings. The number of aliphatic hydroxyl groups is 1. The van der Waals surface area contributed by atoms with Crippen molar-refractivity contribution in [2.24, 2.45) is 0 Å². The van der Waals surface area contributed by atoms with Gasteiger partial charge in [0.05, 0.1) is 16.9 Å². The van der Waals surface area contributed by atoms with Gasteiger partial charge in [-0.25, -0.2) is 4.68 Å². The summed E-state index contributed by atoms with van der Waals surface area (Å²) < 4.78 is 1.36. The Morgan fingerprint density at radius 2 is 2.14 bits per heavy atom. The molecular formula is C10H16N2O2. The zero-order chi connectivity index (χ0) is 10.9. The van der Waals surface area contributed by atoms with Crippen LogP contribution in [-0.4, -0.2) is 14.9 Å². The van der Waals surface area contributed by atoms with Crippen molar-refractivity contribution in [3.05, 3.63) is 27.7 Å². The highest BCUT2D eigenvalue weighted by atomic mass is 16.3. The van der Waals surface area contributed by atoms with Crippen molar-refractivity contribution in [3.8, 4) is 0 Å². The Bertz CT molecular complexity index is 388. The van der Waals surface area contributed by atoms with Gasteiger partial charge in [-0.05, 0) is 33.8 Å². The molecule has 0 saturated heterocycles. The minimum atomic E-state index is -1.11. The Kier molecular flexibility index (Phi) is 2.76. The topological polar surface area (TPSA) is 55.1 Å². The Morgan fingerprint density at radius 3 is 2.57 bits per heavy atom. The molecule has 0 aromatic carbocycles. The maximum absolute atomic E-state index is 11.7. The van der Waals surface area contributed by atoms with Gasteiger partial charge in [0.1, 0.15) is 0 Å². The summed E-state index contributed by atoms with van der Waals surface area (Å²) in [5, 5.41) is 13.8. The van der Waals surface area contributed by atoms with Crippen LogP contribution < -0.4 is 5.56 Å². The summed E-state index contributed by atoms with van der Waals surface area (Å²) in [7, 11) is 0. The van der Waals surface area contributed by atoms with Crippen LogP contribution in [0.25, 0.3) is 0 Å². The molecule has 78 valence electrons. The van der Waals surface area contributed by atoms with E-state index in [1.165, 1.54) is 4.68 Å². The van der Waals surface area contributed by atoms with E-state index in [0.29, 0.717) is 12.1 Å². The third-order valence-electron chi connectivity index (χ3n) is 2.06. The van der Waals surface area contributed by atoms with E-state index in [1.807, 2.05) is 6.92 Å². The predicted octanol–water partition coefficient (Wildman–Crippen LogP) is 0.799. The van der Waals surface area contributed by atoms with Crippen molar-refractivity contribution in [3.63, 3.8) is 0 Å². The van der Waals surface area contributed by atoms with Crippen LogP contribution in [0.2, 0.25) is 0 Å². The molecule has 0 aliphatic rings. The lowest BCUT2D eigenvalue weighted by Crippen LogP contribution is -2.33. The van der Waals surface area contributed by atoms with Gasteiger partial charge < -0.3 is 5.11 Å². The fourth-order valence-electron chi connectivity index (χ4n) is 1.33. The van der Waals surface area contributed by atoms with Gasteiger partial charge in [-0.3, -0.25) is 4.79 Å². The van der Waals surface area contributed by atoms with Gasteiger partial charge in [-0.15, -0.1) is 0 Å². The quantitative estimate of drug-likeness (QED) is 0.761. The Morgan fingerprint density at radius 1 is 1.57 bits per heavy atom. The molecule has 0 unspecified atom stereocenters. The Balaban J connectivity index is 3.45. The van der Waals surface area contributed by atoms with Crippen molar-refractivity contribution < 1.29 is 5.11 Å². The summed E-state index contributed by atoms with van der Waals surface area (Å²) in [5.74, 6) is 0. The number of nitrogens with zero attached hydrogens (tertiary/aromatic N) is 2. The van der Waals surface area contributed by atoms with E-state index in [1.54, 1.807) is 26.8 Å². The molecule has 0 radical (unpaired) electrons. The van der Waals surface area contributed by atoms with Crippen molar-refractivity contribution in [2.45, 2.75) is 39.8 Å². The molecule has 0 aliphatic heterocycles. The molecule has 14 heavy (non-hydrogen) atoms. The number of aryl methyl sites for hydroxylation is 2. The lowest BCUT2D eigenvalue weighted by Gasteiger charge is -2.18. The van der Waals surface area contributed by atoms with Gasteiger partial charge in [-0.2, -0.15) is 5.10 Å². The number of hydrogen-bond donors (Lipinski definition) is 1. The number of rotatable bonds is 2. The minimum Gasteiger partial charge on any atom is -0.386 e. The van der Waals surface area contributed by atoms with Gasteiger partial charge in [0.15, 0.2) is 0 Å². The smallest absolute Gasteiger partial charge is 0.272 e. The highest BCUT2D eigenvalue weighted by molar-refractivity contribution is 5.18. The molecule has 1 heterocycles. The van der Waals surface area contributed by atoms with E-state index >= 15 is 0 Å². The van der Waals surface area contributed by atoms with Gasteiger partial charge in [-0.1, -0.05) is 0 Å². The second-order valence-electron chi connectivity index (χ2n) is 3.88. The molecule has 0 bridgehead atoms. The molecule has 0 amide bonds. The van der Waals surface area contributed by atoms with E-state index in [4.69, 9.17) is 0 Å². The first-order valence-corrected chi connectivity index (χ1v) is 4.68. The molecule has 4 nitrogen and oxygen atoms in total. The summed E-state index contributed by atoms with van der Waals surface area (Å²) in [6, 6.07) is 1.63. The van der Waals surface area contributed by atoms with E-state index < -0.39 is 5.60 Å². The predicted molar refractivity (Wildman–Crippen MR) is 54.2 cm³/mol. The summed E-state index contributed by atoms with van der Waals surface area (Å²) in [6.45, 7) is 7.37. The largest absolute Gasteiger partial charge is 0.386 e. The molecule has 1 N–H and O–H groups in total. The van der Waals surface area contributed by atoms with E-state index in [-0.39, 0.29) is 5.56 Å². The van der Waals surface area contributed by atoms with Gasteiger partial charge in [0.2, 0.25) is 0 Å². The zero-order valence-corrected chi connectivity index (χ0v) is 9.03. The molecule has 0 saturated carbocycles. The molecule has 1 aromatic rings. The maximum atomic E-state index is 11.7. The Hall–Kier alpha value is -1.16. The summed E-state index contributed by atoms with van der Waals surface area (Å²) in [6.07, 6.45) is 0. The van der Waals surface area contributed by atoms with Gasteiger partial charge >= 0.3 is 0 Å². The first-order valence-electron chi connectivity index (χ1n) is 4.68. The fourth-order valence-corrected chi connectivity index (χ4v) is 1.33. The van der Waals surface area contributed by atoms with Crippen LogP contribution in [0.4, 0.5) is 0 Å². The van der Waals surface area contributed by atoms with Crippen LogP contribution in [0.15, 0.2) is 10.9 Å². The molecule has 0 atom stereocenters. The second-order valence-corrected chi connectivity index (χ2v) is 3.88. The summed E-state index contributed by atoms with van der Waals surface area (Å²) in [4.78, 5) is 11.7. The second kappa shape index (κ2) is 3.53. The highest BCUT2D eigenvalue weighted by Crippen LogP contribution is 2.15. The van der Waals surface area contributed by atoms with Crippen LogP contribution in [-0.2, 0) is 12.1 Å². The molecular weight excluding hydrogens is 180 g/mol. The molecule has 4 heteroatoms. The monoisotopic (exact) mass is 196 g/mol. The first kappa shape index (κ1) is 10.9. The summed E-state index contributed by atoms with van der Waals surface area (Å²) in [5.41, 5.74) is -0.192. The van der Waals surface area contributed by atoms with Crippen molar-refractivity contribution in [2.75, 3.05) is 0 Å². The zero-order valence-electron chi connectivity index (χ0n) is 9.03. The number of hydrogen-bond acceptors (Lipinski definition) is 3. The van der Waals surface area contributed by atoms with Crippen LogP contribution in [0, 0.1) is 6.92 Å². The van der Waals surface area contributed by atoms with E-state index in [9.17, 15) is 9.90 Å². The highest BCUT2D eigenvalue weighted by Gasteiger charge is 2.21. The van der Waals surface area contributed by atoms with Gasteiger partial charge in [0, 0.05) is 6.54 Å². The lowest BCUT2D eigenvalue weighted by molar-refractivity contribution is 0.0760. The van der Waals surface area contributed by atoms with Crippen molar-refractivity contribution in [1.82, 2.24) is 9.78 Å². The van der Waals surface area contributed by atoms with Crippen LogP contribution in [0.1, 0.15) is 32.0 Å². The molecule has 1 aromatic heterocycles. The van der Waals surface area contributed by atoms with Crippen LogP contribution in [0.3, 0.4) is 0 Å². The standard InChI is InChI=1S/C10H16N2O2/c1-5-12-9(13)8(10(3,4)14)6-7(2)11-12/h6,14H,5H2,1-4H3. The van der Waals surface area contributed by atoms with Crippen molar-refractivity contribution >= 4 is 0 Å². The average molecular weight is 196 g/mol. The fraction of sp³-hybridized carbons (Fsp3) is 0.600. The first-order chi connectivity index (χ1) is 6.36. The van der Waals surface area contributed by atoms with Crippen molar-refractivity contribution in [1.29, 1.82) is 0 Å². The molecule has 0 spiro atoms. The maximum Gasteiger partial charge on any atom is 0.272 e. The lowest BCUT2D eigenvalue weighted by atomic mass is 10.00.